The third-order valence-corrected chi connectivity index (χ3v) is 8.68. The maximum absolute atomic E-state index is 13.1. The van der Waals surface area contributed by atoms with Crippen LogP contribution in [0.25, 0.3) is 0 Å². The molecular formula is C21H30N2O5S. The molecule has 1 aromatic carbocycles. The molecule has 0 unspecified atom stereocenters. The fourth-order valence-corrected chi connectivity index (χ4v) is 7.14. The number of morpholine rings is 1. The normalized spacial score (nSPS) is 30.6. The summed E-state index contributed by atoms with van der Waals surface area (Å²) in [5, 5.41) is -0.540. The molecule has 0 aromatic heterocycles. The Morgan fingerprint density at radius 2 is 2.14 bits per heavy atom. The van der Waals surface area contributed by atoms with Crippen molar-refractivity contribution < 1.29 is 22.7 Å². The van der Waals surface area contributed by atoms with Gasteiger partial charge in [-0.3, -0.25) is 4.79 Å². The molecule has 0 radical (unpaired) electrons. The van der Waals surface area contributed by atoms with Gasteiger partial charge in [0.25, 0.3) is 0 Å². The smallest absolute Gasteiger partial charge is 0.227 e. The predicted molar refractivity (Wildman–Crippen MR) is 109 cm³/mol. The minimum atomic E-state index is -3.39. The third kappa shape index (κ3) is 3.78. The zero-order valence-electron chi connectivity index (χ0n) is 17.3. The Morgan fingerprint density at radius 3 is 2.86 bits per heavy atom. The topological polar surface area (TPSA) is 76.2 Å². The molecule has 3 aliphatic rings. The molecule has 4 rings (SSSR count). The van der Waals surface area contributed by atoms with Crippen LogP contribution in [0.3, 0.4) is 0 Å². The van der Waals surface area contributed by atoms with Gasteiger partial charge < -0.3 is 14.4 Å². The van der Waals surface area contributed by atoms with Crippen molar-refractivity contribution in [3.63, 3.8) is 0 Å². The highest BCUT2D eigenvalue weighted by atomic mass is 32.2. The maximum atomic E-state index is 13.1. The number of rotatable bonds is 6. The number of sulfonamides is 1. The van der Waals surface area contributed by atoms with Crippen molar-refractivity contribution in [3.05, 3.63) is 29.8 Å². The van der Waals surface area contributed by atoms with Crippen LogP contribution in [-0.4, -0.2) is 73.8 Å². The summed E-state index contributed by atoms with van der Waals surface area (Å²) < 4.78 is 39.2. The van der Waals surface area contributed by atoms with E-state index in [-0.39, 0.29) is 18.4 Å². The third-order valence-electron chi connectivity index (χ3n) is 6.31. The molecule has 1 spiro atoms. The standard InChI is InChI=1S/C21H30N2O5S/c1-15(2)7-8-23-14-21-13-22(12-18(28-21)11-19(21)29(23,25)26)20(24)10-16-5-4-6-17(9-16)27-3/h4-6,9,15,18-19H,7-8,10-14H2,1-3H3/t18-,19+,21+/m1/s1. The van der Waals surface area contributed by atoms with Crippen LogP contribution in [0.5, 0.6) is 5.75 Å². The number of hydrogen-bond acceptors (Lipinski definition) is 5. The molecular weight excluding hydrogens is 392 g/mol. The van der Waals surface area contributed by atoms with E-state index in [4.69, 9.17) is 9.47 Å². The fourth-order valence-electron chi connectivity index (χ4n) is 4.81. The van der Waals surface area contributed by atoms with Crippen molar-refractivity contribution in [1.82, 2.24) is 9.21 Å². The lowest BCUT2D eigenvalue weighted by Crippen LogP contribution is -2.56. The number of ether oxygens (including phenoxy) is 2. The number of benzene rings is 1. The lowest BCUT2D eigenvalue weighted by Gasteiger charge is -2.39. The number of hydrogen-bond donors (Lipinski definition) is 0. The van der Waals surface area contributed by atoms with Gasteiger partial charge in [0.2, 0.25) is 15.9 Å². The molecule has 1 amide bonds. The van der Waals surface area contributed by atoms with Gasteiger partial charge in [0, 0.05) is 19.6 Å². The van der Waals surface area contributed by atoms with Gasteiger partial charge in [-0.1, -0.05) is 26.0 Å². The average molecular weight is 423 g/mol. The summed E-state index contributed by atoms with van der Waals surface area (Å²) in [5.74, 6) is 1.16. The maximum Gasteiger partial charge on any atom is 0.227 e. The second-order valence-electron chi connectivity index (χ2n) is 8.89. The fraction of sp³-hybridized carbons (Fsp3) is 0.667. The molecule has 3 saturated heterocycles. The van der Waals surface area contributed by atoms with Crippen LogP contribution >= 0.6 is 0 Å². The van der Waals surface area contributed by atoms with Crippen LogP contribution in [-0.2, 0) is 26.0 Å². The van der Waals surface area contributed by atoms with E-state index in [1.54, 1.807) is 16.3 Å². The Labute approximate surface area is 173 Å². The highest BCUT2D eigenvalue weighted by molar-refractivity contribution is 7.90. The highest BCUT2D eigenvalue weighted by Gasteiger charge is 2.65. The van der Waals surface area contributed by atoms with Crippen molar-refractivity contribution in [2.45, 2.75) is 50.1 Å². The van der Waals surface area contributed by atoms with E-state index in [0.29, 0.717) is 38.5 Å². The van der Waals surface area contributed by atoms with Crippen molar-refractivity contribution in [1.29, 1.82) is 0 Å². The van der Waals surface area contributed by atoms with Crippen LogP contribution in [0.1, 0.15) is 32.3 Å². The molecule has 3 atom stereocenters. The molecule has 1 aromatic rings. The van der Waals surface area contributed by atoms with Crippen LogP contribution in [0.2, 0.25) is 0 Å². The van der Waals surface area contributed by atoms with E-state index < -0.39 is 20.9 Å². The molecule has 160 valence electrons. The zero-order valence-corrected chi connectivity index (χ0v) is 18.2. The van der Waals surface area contributed by atoms with Crippen molar-refractivity contribution in [3.8, 4) is 5.75 Å². The lowest BCUT2D eigenvalue weighted by molar-refractivity contribution is -0.150. The highest BCUT2D eigenvalue weighted by Crippen LogP contribution is 2.46. The molecule has 2 bridgehead atoms. The van der Waals surface area contributed by atoms with Crippen LogP contribution < -0.4 is 4.74 Å². The summed E-state index contributed by atoms with van der Waals surface area (Å²) in [4.78, 5) is 14.8. The Morgan fingerprint density at radius 1 is 1.34 bits per heavy atom. The SMILES string of the molecule is COc1cccc(CC(=O)N2C[C@H]3C[C@H]4[C@](C2)(CN(CCC(C)C)S4(=O)=O)O3)c1. The Bertz CT molecular complexity index is 887. The second-order valence-corrected chi connectivity index (χ2v) is 11.0. The van der Waals surface area contributed by atoms with E-state index in [1.807, 2.05) is 24.3 Å². The van der Waals surface area contributed by atoms with Gasteiger partial charge in [-0.25, -0.2) is 8.42 Å². The summed E-state index contributed by atoms with van der Waals surface area (Å²) in [6, 6.07) is 7.49. The molecule has 8 heteroatoms. The molecule has 0 N–H and O–H groups in total. The van der Waals surface area contributed by atoms with E-state index in [2.05, 4.69) is 13.8 Å². The van der Waals surface area contributed by atoms with Gasteiger partial charge in [0.05, 0.1) is 26.2 Å². The minimum absolute atomic E-state index is 0.00427. The molecule has 3 fully saturated rings. The number of carbonyl (C=O) groups is 1. The minimum Gasteiger partial charge on any atom is -0.497 e. The number of fused-ring (bicyclic) bond motifs is 1. The van der Waals surface area contributed by atoms with Gasteiger partial charge in [0.15, 0.2) is 0 Å². The average Bonchev–Trinajstić information content (AvgIpc) is 3.05. The summed E-state index contributed by atoms with van der Waals surface area (Å²) >= 11 is 0. The quantitative estimate of drug-likeness (QED) is 0.697. The van der Waals surface area contributed by atoms with Gasteiger partial charge in [-0.05, 0) is 36.5 Å². The molecule has 0 saturated carbocycles. The summed E-state index contributed by atoms with van der Waals surface area (Å²) in [6.45, 7) is 5.86. The second kappa shape index (κ2) is 7.56. The Kier molecular flexibility index (Phi) is 5.38. The first-order valence-electron chi connectivity index (χ1n) is 10.3. The van der Waals surface area contributed by atoms with Crippen LogP contribution in [0.15, 0.2) is 24.3 Å². The first-order chi connectivity index (χ1) is 13.7. The molecule has 3 heterocycles. The van der Waals surface area contributed by atoms with E-state index in [9.17, 15) is 13.2 Å². The monoisotopic (exact) mass is 422 g/mol. The van der Waals surface area contributed by atoms with Crippen LogP contribution in [0.4, 0.5) is 0 Å². The zero-order chi connectivity index (χ0) is 20.8. The predicted octanol–water partition coefficient (Wildman–Crippen LogP) is 1.67. The molecule has 7 nitrogen and oxygen atoms in total. The molecule has 29 heavy (non-hydrogen) atoms. The van der Waals surface area contributed by atoms with Crippen molar-refractivity contribution in [2.24, 2.45) is 5.92 Å². The van der Waals surface area contributed by atoms with Gasteiger partial charge >= 0.3 is 0 Å². The molecule has 0 aliphatic carbocycles. The molecule has 3 aliphatic heterocycles. The Balaban J connectivity index is 1.49. The van der Waals surface area contributed by atoms with Gasteiger partial charge in [0.1, 0.15) is 16.6 Å². The van der Waals surface area contributed by atoms with E-state index >= 15 is 0 Å². The number of carbonyl (C=O) groups excluding carboxylic acids is 1. The summed E-state index contributed by atoms with van der Waals surface area (Å²) in [6.07, 6.45) is 1.37. The van der Waals surface area contributed by atoms with E-state index in [1.165, 1.54) is 0 Å². The van der Waals surface area contributed by atoms with Crippen molar-refractivity contribution in [2.75, 3.05) is 33.3 Å². The number of methoxy groups -OCH3 is 1. The number of amides is 1. The number of nitrogens with zero attached hydrogens (tertiary/aromatic N) is 2. The Hall–Kier alpha value is -1.64. The number of likely N-dealkylation sites (tertiary alicyclic amines) is 1. The summed E-state index contributed by atoms with van der Waals surface area (Å²) in [7, 11) is -1.78. The van der Waals surface area contributed by atoms with Gasteiger partial charge in [-0.15, -0.1) is 0 Å². The van der Waals surface area contributed by atoms with Gasteiger partial charge in [-0.2, -0.15) is 4.31 Å². The van der Waals surface area contributed by atoms with Crippen LogP contribution in [0, 0.1) is 5.92 Å². The largest absolute Gasteiger partial charge is 0.497 e. The first kappa shape index (κ1) is 20.6. The summed E-state index contributed by atoms with van der Waals surface area (Å²) in [5.41, 5.74) is 0.0998. The lowest BCUT2D eigenvalue weighted by atomic mass is 9.98. The van der Waals surface area contributed by atoms with Crippen molar-refractivity contribution >= 4 is 15.9 Å². The van der Waals surface area contributed by atoms with E-state index in [0.717, 1.165) is 17.7 Å². The first-order valence-corrected chi connectivity index (χ1v) is 11.8.